The summed E-state index contributed by atoms with van der Waals surface area (Å²) in [4.78, 5) is 50.6. The summed E-state index contributed by atoms with van der Waals surface area (Å²) in [5.74, 6) is -3.50. The lowest BCUT2D eigenvalue weighted by molar-refractivity contribution is -0.356. The van der Waals surface area contributed by atoms with Gasteiger partial charge < -0.3 is 52.7 Å². The van der Waals surface area contributed by atoms with Gasteiger partial charge in [0.2, 0.25) is 0 Å². The fourth-order valence-corrected chi connectivity index (χ4v) is 6.86. The second kappa shape index (κ2) is 22.8. The van der Waals surface area contributed by atoms with Crippen molar-refractivity contribution in [2.24, 2.45) is 0 Å². The standard InChI is InChI=1S/C42H48Cl3NO14/c1-25(47)53-24-32-34(56-26(2)48)36(57-27(3)49)33(46-41(50)42(43,44)45)39(58-32)60-35-31(23-52-20-28-14-8-5-9-15-28)59-40(51-4)38(55-22-30-18-12-7-13-19-30)37(35)54-21-29-16-10-6-11-17-29/h5-19,31-40H,20-24H2,1-4H3,(H,46,50)/t31-,32-,33+,34-,35-,36+,37+,38-,39-,40+/m1/s1. The second-order valence-electron chi connectivity index (χ2n) is 13.9. The molecule has 0 bridgehead atoms. The minimum atomic E-state index is -2.53. The SMILES string of the molecule is CO[C@H]1O[C@H](COCc2ccccc2)[C@@H](O[C@H]2O[C@H](COC(C)=O)[C@@H](OC(C)=O)[C@@H](OC(C)=O)[C@@H]2NC(=O)C(Cl)(Cl)Cl)[C@H](OCc2ccccc2)[C@H]1OCc1ccccc1. The summed E-state index contributed by atoms with van der Waals surface area (Å²) in [5, 5.41) is 2.54. The molecule has 326 valence electrons. The second-order valence-corrected chi connectivity index (χ2v) is 16.2. The maximum Gasteiger partial charge on any atom is 0.303 e. The minimum absolute atomic E-state index is 0.0726. The number of rotatable bonds is 18. The van der Waals surface area contributed by atoms with Crippen molar-refractivity contribution in [3.63, 3.8) is 0 Å². The van der Waals surface area contributed by atoms with Gasteiger partial charge in [-0.3, -0.25) is 19.2 Å². The molecular weight excluding hydrogens is 849 g/mol. The third kappa shape index (κ3) is 13.8. The molecule has 0 saturated carbocycles. The van der Waals surface area contributed by atoms with Gasteiger partial charge >= 0.3 is 17.9 Å². The predicted molar refractivity (Wildman–Crippen MR) is 215 cm³/mol. The van der Waals surface area contributed by atoms with Crippen LogP contribution in [0.1, 0.15) is 37.5 Å². The molecule has 0 spiro atoms. The van der Waals surface area contributed by atoms with Crippen LogP contribution in [-0.4, -0.2) is 109 Å². The summed E-state index contributed by atoms with van der Waals surface area (Å²) < 4.78 is 59.2. The van der Waals surface area contributed by atoms with Crippen LogP contribution in [0.25, 0.3) is 0 Å². The molecule has 5 rings (SSSR count). The van der Waals surface area contributed by atoms with Crippen LogP contribution in [0, 0.1) is 0 Å². The largest absolute Gasteiger partial charge is 0.463 e. The normalized spacial score (nSPS) is 26.7. The zero-order valence-corrected chi connectivity index (χ0v) is 35.6. The number of nitrogens with one attached hydrogen (secondary N) is 1. The highest BCUT2D eigenvalue weighted by Gasteiger charge is 2.56. The van der Waals surface area contributed by atoms with E-state index in [4.69, 9.17) is 82.2 Å². The smallest absolute Gasteiger partial charge is 0.303 e. The van der Waals surface area contributed by atoms with Crippen molar-refractivity contribution in [3.8, 4) is 0 Å². The highest BCUT2D eigenvalue weighted by molar-refractivity contribution is 6.76. The number of halogens is 3. The van der Waals surface area contributed by atoms with Crippen molar-refractivity contribution in [1.82, 2.24) is 5.32 Å². The number of amides is 1. The molecule has 2 heterocycles. The van der Waals surface area contributed by atoms with E-state index in [2.05, 4.69) is 5.32 Å². The van der Waals surface area contributed by atoms with Crippen molar-refractivity contribution in [3.05, 3.63) is 108 Å². The maximum atomic E-state index is 13.4. The first kappa shape index (κ1) is 47.2. The first-order valence-corrected chi connectivity index (χ1v) is 20.1. The highest BCUT2D eigenvalue weighted by Crippen LogP contribution is 2.36. The van der Waals surface area contributed by atoms with Crippen LogP contribution >= 0.6 is 34.8 Å². The Bertz CT molecular complexity index is 1820. The lowest BCUT2D eigenvalue weighted by Gasteiger charge is -2.49. The Labute approximate surface area is 363 Å². The molecule has 0 radical (unpaired) electrons. The summed E-state index contributed by atoms with van der Waals surface area (Å²) in [5.41, 5.74) is 2.55. The molecule has 2 fully saturated rings. The Morgan fingerprint density at radius 2 is 1.08 bits per heavy atom. The van der Waals surface area contributed by atoms with E-state index in [1.807, 2.05) is 91.0 Å². The van der Waals surface area contributed by atoms with Crippen LogP contribution in [0.3, 0.4) is 0 Å². The van der Waals surface area contributed by atoms with Crippen molar-refractivity contribution in [1.29, 1.82) is 0 Å². The first-order chi connectivity index (χ1) is 28.7. The van der Waals surface area contributed by atoms with Crippen molar-refractivity contribution in [2.75, 3.05) is 20.3 Å². The monoisotopic (exact) mass is 895 g/mol. The molecule has 15 nitrogen and oxygen atoms in total. The molecule has 2 aliphatic heterocycles. The number of methoxy groups -OCH3 is 1. The molecule has 1 N–H and O–H groups in total. The Morgan fingerprint density at radius 1 is 0.600 bits per heavy atom. The number of carbonyl (C=O) groups is 4. The Morgan fingerprint density at radius 3 is 1.58 bits per heavy atom. The predicted octanol–water partition coefficient (Wildman–Crippen LogP) is 5.14. The molecule has 3 aromatic rings. The van der Waals surface area contributed by atoms with Crippen LogP contribution in [0.15, 0.2) is 91.0 Å². The number of hydrogen-bond acceptors (Lipinski definition) is 14. The molecule has 0 unspecified atom stereocenters. The third-order valence-electron chi connectivity index (χ3n) is 9.34. The maximum absolute atomic E-state index is 13.4. The molecule has 60 heavy (non-hydrogen) atoms. The molecule has 0 aromatic heterocycles. The van der Waals surface area contributed by atoms with E-state index in [0.29, 0.717) is 0 Å². The molecule has 10 atom stereocenters. The average Bonchev–Trinajstić information content (AvgIpc) is 3.21. The molecule has 1 amide bonds. The van der Waals surface area contributed by atoms with Crippen LogP contribution < -0.4 is 5.32 Å². The fraction of sp³-hybridized carbons (Fsp3) is 0.476. The van der Waals surface area contributed by atoms with Crippen LogP contribution in [0.4, 0.5) is 0 Å². The lowest BCUT2D eigenvalue weighted by atomic mass is 9.94. The van der Waals surface area contributed by atoms with Gasteiger partial charge in [0.15, 0.2) is 24.8 Å². The molecule has 3 aromatic carbocycles. The summed E-state index contributed by atoms with van der Waals surface area (Å²) in [7, 11) is 1.46. The quantitative estimate of drug-likeness (QED) is 0.101. The van der Waals surface area contributed by atoms with Gasteiger partial charge in [-0.15, -0.1) is 0 Å². The van der Waals surface area contributed by atoms with E-state index in [-0.39, 0.29) is 26.4 Å². The van der Waals surface area contributed by atoms with Gasteiger partial charge in [-0.25, -0.2) is 0 Å². The lowest BCUT2D eigenvalue weighted by Crippen LogP contribution is -2.70. The number of carbonyl (C=O) groups excluding carboxylic acids is 4. The Hall–Kier alpha value is -3.87. The number of ether oxygens (including phenoxy) is 10. The topological polar surface area (TPSA) is 173 Å². The molecule has 2 saturated heterocycles. The summed E-state index contributed by atoms with van der Waals surface area (Å²) in [6.07, 6.45) is -11.2. The Kier molecular flexibility index (Phi) is 17.9. The van der Waals surface area contributed by atoms with Crippen LogP contribution in [0.5, 0.6) is 0 Å². The Balaban J connectivity index is 1.60. The molecule has 18 heteroatoms. The summed E-state index contributed by atoms with van der Waals surface area (Å²) >= 11 is 18.1. The minimum Gasteiger partial charge on any atom is -0.463 e. The van der Waals surface area contributed by atoms with E-state index in [0.717, 1.165) is 30.5 Å². The number of esters is 3. The zero-order chi connectivity index (χ0) is 43.2. The van der Waals surface area contributed by atoms with Crippen LogP contribution in [-0.2, 0) is 86.4 Å². The number of alkyl halides is 3. The summed E-state index contributed by atoms with van der Waals surface area (Å²) in [6.45, 7) is 3.18. The first-order valence-electron chi connectivity index (χ1n) is 19.0. The van der Waals surface area contributed by atoms with Crippen molar-refractivity contribution >= 4 is 58.6 Å². The van der Waals surface area contributed by atoms with Gasteiger partial charge in [0.05, 0.1) is 26.4 Å². The zero-order valence-electron chi connectivity index (χ0n) is 33.3. The van der Waals surface area contributed by atoms with Crippen LogP contribution in [0.2, 0.25) is 0 Å². The van der Waals surface area contributed by atoms with Gasteiger partial charge in [0.25, 0.3) is 9.70 Å². The highest BCUT2D eigenvalue weighted by atomic mass is 35.6. The number of benzene rings is 3. The van der Waals surface area contributed by atoms with E-state index < -0.39 is 95.6 Å². The van der Waals surface area contributed by atoms with E-state index in [1.165, 1.54) is 14.0 Å². The number of hydrogen-bond donors (Lipinski definition) is 1. The van der Waals surface area contributed by atoms with Crippen molar-refractivity contribution in [2.45, 2.75) is 106 Å². The van der Waals surface area contributed by atoms with E-state index in [9.17, 15) is 19.2 Å². The van der Waals surface area contributed by atoms with Gasteiger partial charge in [-0.05, 0) is 16.7 Å². The van der Waals surface area contributed by atoms with Gasteiger partial charge in [0, 0.05) is 27.9 Å². The van der Waals surface area contributed by atoms with E-state index >= 15 is 0 Å². The van der Waals surface area contributed by atoms with Gasteiger partial charge in [-0.1, -0.05) is 126 Å². The third-order valence-corrected chi connectivity index (χ3v) is 9.85. The van der Waals surface area contributed by atoms with Gasteiger partial charge in [-0.2, -0.15) is 0 Å². The molecule has 0 aliphatic carbocycles. The van der Waals surface area contributed by atoms with E-state index in [1.54, 1.807) is 0 Å². The summed E-state index contributed by atoms with van der Waals surface area (Å²) in [6, 6.07) is 26.7. The average molecular weight is 897 g/mol. The van der Waals surface area contributed by atoms with Gasteiger partial charge in [0.1, 0.15) is 43.2 Å². The van der Waals surface area contributed by atoms with Crippen molar-refractivity contribution < 1.29 is 66.5 Å². The molecular formula is C42H48Cl3NO14. The fourth-order valence-electron chi connectivity index (χ4n) is 6.69. The molecule has 2 aliphatic rings.